The summed E-state index contributed by atoms with van der Waals surface area (Å²) in [6.07, 6.45) is 6.16. The van der Waals surface area contributed by atoms with Crippen molar-refractivity contribution in [2.75, 3.05) is 24.7 Å². The number of nitrogens with one attached hydrogen (secondary N) is 2. The van der Waals surface area contributed by atoms with Gasteiger partial charge in [-0.3, -0.25) is 0 Å². The molecule has 28 heavy (non-hydrogen) atoms. The molecule has 0 saturated carbocycles. The lowest BCUT2D eigenvalue weighted by molar-refractivity contribution is 0.244. The highest BCUT2D eigenvalue weighted by Gasteiger charge is 2.26. The molecule has 1 aromatic rings. The van der Waals surface area contributed by atoms with Gasteiger partial charge in [-0.2, -0.15) is 0 Å². The summed E-state index contributed by atoms with van der Waals surface area (Å²) >= 11 is 0. The van der Waals surface area contributed by atoms with Crippen LogP contribution >= 0.6 is 0 Å². The van der Waals surface area contributed by atoms with Crippen LogP contribution in [0.15, 0.2) is 6.07 Å². The van der Waals surface area contributed by atoms with Crippen molar-refractivity contribution in [3.05, 3.63) is 28.3 Å². The summed E-state index contributed by atoms with van der Waals surface area (Å²) in [5.41, 5.74) is 5.87. The summed E-state index contributed by atoms with van der Waals surface area (Å²) in [6.45, 7) is 6.71. The number of benzene rings is 1. The van der Waals surface area contributed by atoms with Gasteiger partial charge in [0.15, 0.2) is 0 Å². The van der Waals surface area contributed by atoms with E-state index in [9.17, 15) is 13.2 Å². The van der Waals surface area contributed by atoms with Crippen molar-refractivity contribution in [1.29, 1.82) is 0 Å². The Kier molecular flexibility index (Phi) is 6.34. The number of urea groups is 1. The Hall–Kier alpha value is -1.60. The maximum absolute atomic E-state index is 12.5. The topological polar surface area (TPSA) is 78.5 Å². The average molecular weight is 408 g/mol. The van der Waals surface area contributed by atoms with Crippen molar-refractivity contribution in [2.45, 2.75) is 65.3 Å². The molecule has 1 aromatic carbocycles. The van der Waals surface area contributed by atoms with Crippen molar-refractivity contribution < 1.29 is 13.2 Å². The number of carbonyl (C=O) groups is 1. The fourth-order valence-electron chi connectivity index (χ4n) is 4.42. The number of nitrogens with zero attached hydrogens (tertiary/aromatic N) is 1. The lowest BCUT2D eigenvalue weighted by atomic mass is 9.99. The SMILES string of the molecule is CC(CN(C)C(C)C)CS(=O)(=O)NC(=O)Nc1c2c(cc3c1CCC3)CCC2. The maximum atomic E-state index is 12.5. The highest BCUT2D eigenvalue weighted by Crippen LogP contribution is 2.38. The lowest BCUT2D eigenvalue weighted by Gasteiger charge is -2.24. The maximum Gasteiger partial charge on any atom is 0.332 e. The number of rotatable bonds is 7. The minimum atomic E-state index is -3.69. The molecule has 2 aliphatic rings. The lowest BCUT2D eigenvalue weighted by Crippen LogP contribution is -2.40. The number of amides is 2. The van der Waals surface area contributed by atoms with Crippen LogP contribution in [0.3, 0.4) is 0 Å². The van der Waals surface area contributed by atoms with Crippen LogP contribution in [0.5, 0.6) is 0 Å². The average Bonchev–Trinajstić information content (AvgIpc) is 3.21. The zero-order valence-corrected chi connectivity index (χ0v) is 18.3. The highest BCUT2D eigenvalue weighted by molar-refractivity contribution is 7.90. The molecule has 6 nitrogen and oxygen atoms in total. The molecule has 2 aliphatic carbocycles. The first-order valence-electron chi connectivity index (χ1n) is 10.3. The fourth-order valence-corrected chi connectivity index (χ4v) is 5.69. The van der Waals surface area contributed by atoms with Gasteiger partial charge in [0.05, 0.1) is 5.75 Å². The van der Waals surface area contributed by atoms with Gasteiger partial charge >= 0.3 is 6.03 Å². The van der Waals surface area contributed by atoms with Crippen LogP contribution in [0, 0.1) is 5.92 Å². The van der Waals surface area contributed by atoms with Gasteiger partial charge in [0.25, 0.3) is 0 Å². The molecule has 0 saturated heterocycles. The van der Waals surface area contributed by atoms with Gasteiger partial charge in [-0.25, -0.2) is 17.9 Å². The van der Waals surface area contributed by atoms with Gasteiger partial charge in [0.2, 0.25) is 10.0 Å². The smallest absolute Gasteiger partial charge is 0.307 e. The fraction of sp³-hybridized carbons (Fsp3) is 0.667. The second-order valence-electron chi connectivity index (χ2n) is 8.71. The number of sulfonamides is 1. The first-order chi connectivity index (χ1) is 13.2. The van der Waals surface area contributed by atoms with Crippen molar-refractivity contribution in [3.63, 3.8) is 0 Å². The third-order valence-corrected chi connectivity index (χ3v) is 7.45. The minimum absolute atomic E-state index is 0.0667. The van der Waals surface area contributed by atoms with Crippen LogP contribution in [0.1, 0.15) is 55.9 Å². The quantitative estimate of drug-likeness (QED) is 0.728. The molecule has 0 spiro atoms. The molecule has 0 radical (unpaired) electrons. The van der Waals surface area contributed by atoms with Gasteiger partial charge in [-0.15, -0.1) is 0 Å². The Labute approximate surface area is 169 Å². The number of carbonyl (C=O) groups excluding carboxylic acids is 1. The number of anilines is 1. The number of fused-ring (bicyclic) bond motifs is 2. The Morgan fingerprint density at radius 3 is 2.18 bits per heavy atom. The van der Waals surface area contributed by atoms with E-state index in [0.29, 0.717) is 12.6 Å². The Morgan fingerprint density at radius 1 is 1.07 bits per heavy atom. The zero-order valence-electron chi connectivity index (χ0n) is 17.5. The van der Waals surface area contributed by atoms with E-state index in [1.165, 1.54) is 22.3 Å². The molecule has 0 aliphatic heterocycles. The third kappa shape index (κ3) is 4.87. The van der Waals surface area contributed by atoms with E-state index in [2.05, 4.69) is 34.9 Å². The molecule has 3 rings (SSSR count). The second kappa shape index (κ2) is 8.41. The predicted octanol–water partition coefficient (Wildman–Crippen LogP) is 3.09. The summed E-state index contributed by atoms with van der Waals surface area (Å²) in [7, 11) is -1.71. The molecule has 7 heteroatoms. The van der Waals surface area contributed by atoms with Gasteiger partial charge < -0.3 is 10.2 Å². The summed E-state index contributed by atoms with van der Waals surface area (Å²) in [5.74, 6) is -0.134. The zero-order chi connectivity index (χ0) is 20.5. The summed E-state index contributed by atoms with van der Waals surface area (Å²) in [5, 5.41) is 2.89. The van der Waals surface area contributed by atoms with Crippen LogP contribution in [-0.4, -0.2) is 44.7 Å². The summed E-state index contributed by atoms with van der Waals surface area (Å²) < 4.78 is 27.2. The second-order valence-corrected chi connectivity index (χ2v) is 10.5. The molecule has 0 bridgehead atoms. The van der Waals surface area contributed by atoms with Crippen LogP contribution in [0.25, 0.3) is 0 Å². The number of hydrogen-bond donors (Lipinski definition) is 2. The molecule has 0 aromatic heterocycles. The molecular weight excluding hydrogens is 374 g/mol. The predicted molar refractivity (Wildman–Crippen MR) is 113 cm³/mol. The Bertz CT molecular complexity index is 817. The monoisotopic (exact) mass is 407 g/mol. The van der Waals surface area contributed by atoms with Gasteiger partial charge in [0, 0.05) is 18.3 Å². The number of hydrogen-bond acceptors (Lipinski definition) is 4. The van der Waals surface area contributed by atoms with E-state index in [1.54, 1.807) is 0 Å². The molecule has 2 N–H and O–H groups in total. The largest absolute Gasteiger partial charge is 0.332 e. The van der Waals surface area contributed by atoms with Crippen molar-refractivity contribution in [2.24, 2.45) is 5.92 Å². The first kappa shape index (κ1) is 21.1. The standard InChI is InChI=1S/C21H33N3O3S/c1-14(2)24(4)12-15(3)13-28(26,27)23-21(25)22-20-18-9-5-7-16(18)11-17-8-6-10-19(17)20/h11,14-15H,5-10,12-13H2,1-4H3,(H2,22,23,25). The van der Waals surface area contributed by atoms with E-state index in [4.69, 9.17) is 0 Å². The normalized spacial score (nSPS) is 16.9. The molecule has 2 amide bonds. The van der Waals surface area contributed by atoms with Crippen molar-refractivity contribution in [3.8, 4) is 0 Å². The van der Waals surface area contributed by atoms with E-state index >= 15 is 0 Å². The summed E-state index contributed by atoms with van der Waals surface area (Å²) in [4.78, 5) is 14.6. The van der Waals surface area contributed by atoms with Crippen LogP contribution in [0.4, 0.5) is 10.5 Å². The Balaban J connectivity index is 1.66. The Morgan fingerprint density at radius 2 is 1.64 bits per heavy atom. The molecule has 0 fully saturated rings. The van der Waals surface area contributed by atoms with Gasteiger partial charge in [0.1, 0.15) is 0 Å². The van der Waals surface area contributed by atoms with Crippen LogP contribution in [0.2, 0.25) is 0 Å². The summed E-state index contributed by atoms with van der Waals surface area (Å²) in [6, 6.07) is 2.00. The third-order valence-electron chi connectivity index (χ3n) is 5.94. The highest BCUT2D eigenvalue weighted by atomic mass is 32.2. The van der Waals surface area contributed by atoms with Crippen LogP contribution in [-0.2, 0) is 35.7 Å². The van der Waals surface area contributed by atoms with Crippen molar-refractivity contribution >= 4 is 21.7 Å². The van der Waals surface area contributed by atoms with Gasteiger partial charge in [-0.1, -0.05) is 13.0 Å². The van der Waals surface area contributed by atoms with E-state index < -0.39 is 16.1 Å². The van der Waals surface area contributed by atoms with E-state index in [-0.39, 0.29) is 11.7 Å². The minimum Gasteiger partial charge on any atom is -0.307 e. The van der Waals surface area contributed by atoms with Gasteiger partial charge in [-0.05, 0) is 87.6 Å². The molecular formula is C21H33N3O3S. The number of aryl methyl sites for hydroxylation is 2. The molecule has 0 heterocycles. The molecule has 1 atom stereocenters. The first-order valence-corrected chi connectivity index (χ1v) is 12.0. The van der Waals surface area contributed by atoms with Crippen LogP contribution < -0.4 is 10.0 Å². The molecule has 156 valence electrons. The van der Waals surface area contributed by atoms with E-state index in [1.807, 2.05) is 14.0 Å². The van der Waals surface area contributed by atoms with E-state index in [0.717, 1.165) is 44.2 Å². The molecule has 1 unspecified atom stereocenters. The van der Waals surface area contributed by atoms with Crippen molar-refractivity contribution in [1.82, 2.24) is 9.62 Å².